The molecule has 0 aromatic heterocycles. The Hall–Kier alpha value is -2.22. The van der Waals surface area contributed by atoms with E-state index in [0.717, 1.165) is 56.9 Å². The molecule has 2 fully saturated rings. The van der Waals surface area contributed by atoms with Gasteiger partial charge in [0.1, 0.15) is 11.5 Å². The van der Waals surface area contributed by atoms with Crippen LogP contribution in [0.4, 0.5) is 5.69 Å². The van der Waals surface area contributed by atoms with Crippen molar-refractivity contribution >= 4 is 34.2 Å². The zero-order chi connectivity index (χ0) is 22.9. The molecule has 0 spiro atoms. The van der Waals surface area contributed by atoms with Crippen LogP contribution < -0.4 is 10.6 Å². The van der Waals surface area contributed by atoms with Crippen molar-refractivity contribution in [1.82, 2.24) is 10.2 Å². The lowest BCUT2D eigenvalue weighted by atomic mass is 9.95. The van der Waals surface area contributed by atoms with Crippen LogP contribution in [0.5, 0.6) is 0 Å². The standard InChI is InChI=1S/C24H35N3O4S/c1-18-11-13-20(14-12-18)26-23(29)16-32(31)17-24(30)27(21-9-5-6-10-21)15-22(28)25-19-7-3-2-4-8-19/h11-14,19,21H,2-10,15-17H2,1H3,(H,25,28)(H,26,29). The first-order chi connectivity index (χ1) is 15.4. The third-order valence-corrected chi connectivity index (χ3v) is 7.44. The highest BCUT2D eigenvalue weighted by Gasteiger charge is 2.30. The Labute approximate surface area is 193 Å². The van der Waals surface area contributed by atoms with Crippen LogP contribution in [0.25, 0.3) is 0 Å². The van der Waals surface area contributed by atoms with Crippen molar-refractivity contribution in [2.75, 3.05) is 23.4 Å². The topological polar surface area (TPSA) is 95.6 Å². The number of nitrogens with zero attached hydrogens (tertiary/aromatic N) is 1. The molecule has 1 atom stereocenters. The van der Waals surface area contributed by atoms with Gasteiger partial charge < -0.3 is 15.5 Å². The molecule has 3 rings (SSSR count). The maximum atomic E-state index is 13.0. The van der Waals surface area contributed by atoms with E-state index in [-0.39, 0.29) is 47.9 Å². The summed E-state index contributed by atoms with van der Waals surface area (Å²) in [5.74, 6) is -1.32. The Morgan fingerprint density at radius 3 is 2.19 bits per heavy atom. The van der Waals surface area contributed by atoms with Gasteiger partial charge in [0, 0.05) is 28.6 Å². The van der Waals surface area contributed by atoms with Crippen molar-refractivity contribution < 1.29 is 18.6 Å². The van der Waals surface area contributed by atoms with Gasteiger partial charge in [-0.05, 0) is 44.7 Å². The third-order valence-electron chi connectivity index (χ3n) is 6.28. The summed E-state index contributed by atoms with van der Waals surface area (Å²) in [5.41, 5.74) is 1.72. The van der Waals surface area contributed by atoms with E-state index in [2.05, 4.69) is 10.6 Å². The number of amides is 3. The molecule has 1 unspecified atom stereocenters. The number of carbonyl (C=O) groups is 3. The second-order valence-electron chi connectivity index (χ2n) is 9.01. The Morgan fingerprint density at radius 1 is 0.906 bits per heavy atom. The molecule has 2 aliphatic rings. The number of hydrogen-bond acceptors (Lipinski definition) is 4. The summed E-state index contributed by atoms with van der Waals surface area (Å²) >= 11 is 0. The van der Waals surface area contributed by atoms with Gasteiger partial charge in [-0.1, -0.05) is 49.8 Å². The maximum Gasteiger partial charge on any atom is 0.239 e. The van der Waals surface area contributed by atoms with Gasteiger partial charge in [-0.25, -0.2) is 0 Å². The summed E-state index contributed by atoms with van der Waals surface area (Å²) in [7, 11) is -1.63. The van der Waals surface area contributed by atoms with E-state index in [1.165, 1.54) is 6.42 Å². The van der Waals surface area contributed by atoms with Crippen LogP contribution in [0.2, 0.25) is 0 Å². The first kappa shape index (κ1) is 24.4. The fourth-order valence-corrected chi connectivity index (χ4v) is 5.47. The van der Waals surface area contributed by atoms with Crippen LogP contribution >= 0.6 is 0 Å². The maximum absolute atomic E-state index is 13.0. The molecular formula is C24H35N3O4S. The van der Waals surface area contributed by atoms with Gasteiger partial charge in [0.2, 0.25) is 17.7 Å². The van der Waals surface area contributed by atoms with E-state index in [9.17, 15) is 18.6 Å². The van der Waals surface area contributed by atoms with Gasteiger partial charge in [0.05, 0.1) is 6.54 Å². The molecule has 32 heavy (non-hydrogen) atoms. The molecule has 2 aliphatic carbocycles. The second kappa shape index (κ2) is 12.1. The fraction of sp³-hybridized carbons (Fsp3) is 0.625. The van der Waals surface area contributed by atoms with Crippen LogP contribution in [0, 0.1) is 6.92 Å². The number of carbonyl (C=O) groups excluding carboxylic acids is 3. The summed E-state index contributed by atoms with van der Waals surface area (Å²) in [5, 5.41) is 5.79. The largest absolute Gasteiger partial charge is 0.352 e. The van der Waals surface area contributed by atoms with Crippen molar-refractivity contribution in [3.63, 3.8) is 0 Å². The van der Waals surface area contributed by atoms with Crippen molar-refractivity contribution in [3.8, 4) is 0 Å². The molecule has 2 N–H and O–H groups in total. The molecule has 1 aromatic rings. The van der Waals surface area contributed by atoms with Crippen molar-refractivity contribution in [1.29, 1.82) is 0 Å². The van der Waals surface area contributed by atoms with Crippen LogP contribution in [0.1, 0.15) is 63.4 Å². The number of aryl methyl sites for hydroxylation is 1. The average molecular weight is 462 g/mol. The van der Waals surface area contributed by atoms with Crippen molar-refractivity contribution in [2.24, 2.45) is 0 Å². The Balaban J connectivity index is 1.51. The van der Waals surface area contributed by atoms with Crippen LogP contribution in [-0.4, -0.2) is 57.0 Å². The third kappa shape index (κ3) is 7.73. The van der Waals surface area contributed by atoms with Gasteiger partial charge >= 0.3 is 0 Å². The Morgan fingerprint density at radius 2 is 1.53 bits per heavy atom. The lowest BCUT2D eigenvalue weighted by molar-refractivity contribution is -0.136. The van der Waals surface area contributed by atoms with Crippen LogP contribution in [-0.2, 0) is 25.2 Å². The van der Waals surface area contributed by atoms with Crippen molar-refractivity contribution in [2.45, 2.75) is 76.8 Å². The van der Waals surface area contributed by atoms with Gasteiger partial charge in [-0.15, -0.1) is 0 Å². The minimum absolute atomic E-state index is 0.00671. The molecule has 0 bridgehead atoms. The van der Waals surface area contributed by atoms with Gasteiger partial charge in [-0.2, -0.15) is 0 Å². The smallest absolute Gasteiger partial charge is 0.239 e. The van der Waals surface area contributed by atoms with E-state index in [1.807, 2.05) is 19.1 Å². The fourth-order valence-electron chi connectivity index (χ4n) is 4.56. The van der Waals surface area contributed by atoms with Gasteiger partial charge in [0.25, 0.3) is 0 Å². The van der Waals surface area contributed by atoms with Crippen LogP contribution in [0.15, 0.2) is 24.3 Å². The summed E-state index contributed by atoms with van der Waals surface area (Å²) in [6.45, 7) is 1.96. The molecule has 0 heterocycles. The number of nitrogens with one attached hydrogen (secondary N) is 2. The molecule has 0 saturated heterocycles. The predicted molar refractivity (Wildman–Crippen MR) is 127 cm³/mol. The van der Waals surface area contributed by atoms with E-state index in [0.29, 0.717) is 5.69 Å². The molecule has 7 nitrogen and oxygen atoms in total. The number of hydrogen-bond donors (Lipinski definition) is 2. The van der Waals surface area contributed by atoms with E-state index in [4.69, 9.17) is 0 Å². The minimum Gasteiger partial charge on any atom is -0.352 e. The van der Waals surface area contributed by atoms with Crippen LogP contribution in [0.3, 0.4) is 0 Å². The molecule has 176 valence electrons. The molecule has 3 amide bonds. The van der Waals surface area contributed by atoms with E-state index < -0.39 is 10.8 Å². The highest BCUT2D eigenvalue weighted by Crippen LogP contribution is 2.24. The molecular weight excluding hydrogens is 426 g/mol. The van der Waals surface area contributed by atoms with Gasteiger partial charge in [0.15, 0.2) is 0 Å². The normalized spacial score (nSPS) is 18.2. The quantitative estimate of drug-likeness (QED) is 0.591. The SMILES string of the molecule is Cc1ccc(NC(=O)CS(=O)CC(=O)N(CC(=O)NC2CCCCC2)C2CCCC2)cc1. The van der Waals surface area contributed by atoms with Crippen molar-refractivity contribution in [3.05, 3.63) is 29.8 Å². The second-order valence-corrected chi connectivity index (χ2v) is 10.5. The highest BCUT2D eigenvalue weighted by molar-refractivity contribution is 7.86. The monoisotopic (exact) mass is 461 g/mol. The summed E-state index contributed by atoms with van der Waals surface area (Å²) in [6, 6.07) is 7.54. The summed E-state index contributed by atoms with van der Waals surface area (Å²) < 4.78 is 12.5. The first-order valence-electron chi connectivity index (χ1n) is 11.7. The Kier molecular flexibility index (Phi) is 9.26. The van der Waals surface area contributed by atoms with Gasteiger partial charge in [-0.3, -0.25) is 18.6 Å². The molecule has 0 radical (unpaired) electrons. The molecule has 1 aromatic carbocycles. The molecule has 0 aliphatic heterocycles. The molecule has 8 heteroatoms. The lowest BCUT2D eigenvalue weighted by Gasteiger charge is -2.30. The number of anilines is 1. The minimum atomic E-state index is -1.63. The summed E-state index contributed by atoms with van der Waals surface area (Å²) in [4.78, 5) is 39.4. The highest BCUT2D eigenvalue weighted by atomic mass is 32.2. The van der Waals surface area contributed by atoms with E-state index >= 15 is 0 Å². The zero-order valence-corrected chi connectivity index (χ0v) is 19.8. The summed E-state index contributed by atoms with van der Waals surface area (Å²) in [6.07, 6.45) is 9.22. The number of benzene rings is 1. The Bertz CT molecular complexity index is 815. The first-order valence-corrected chi connectivity index (χ1v) is 13.2. The predicted octanol–water partition coefficient (Wildman–Crippen LogP) is 2.90. The number of rotatable bonds is 9. The molecule has 2 saturated carbocycles. The van der Waals surface area contributed by atoms with E-state index in [1.54, 1.807) is 17.0 Å². The lowest BCUT2D eigenvalue weighted by Crippen LogP contribution is -2.49. The zero-order valence-electron chi connectivity index (χ0n) is 18.9. The average Bonchev–Trinajstić information content (AvgIpc) is 3.28.